The Bertz CT molecular complexity index is 488. The largest absolute Gasteiger partial charge is 0.344 e. The summed E-state index contributed by atoms with van der Waals surface area (Å²) in [6.07, 6.45) is 1.40. The summed E-state index contributed by atoms with van der Waals surface area (Å²) in [5.74, 6) is -0.584. The molecule has 102 valence electrons. The first-order chi connectivity index (χ1) is 8.99. The molecular weight excluding hydrogens is 236 g/mol. The molecule has 0 aliphatic heterocycles. The van der Waals surface area contributed by atoms with Crippen LogP contribution in [-0.4, -0.2) is 24.4 Å². The molecule has 1 amide bonds. The normalized spacial score (nSPS) is 11.7. The molecule has 1 atom stereocenters. The van der Waals surface area contributed by atoms with Gasteiger partial charge >= 0.3 is 0 Å². The van der Waals surface area contributed by atoms with E-state index in [1.54, 1.807) is 11.9 Å². The van der Waals surface area contributed by atoms with E-state index in [4.69, 9.17) is 5.26 Å². The van der Waals surface area contributed by atoms with Gasteiger partial charge in [0.05, 0.1) is 6.07 Å². The Labute approximate surface area is 115 Å². The monoisotopic (exact) mass is 258 g/mol. The van der Waals surface area contributed by atoms with Crippen LogP contribution < -0.4 is 0 Å². The van der Waals surface area contributed by atoms with Crippen LogP contribution in [0.3, 0.4) is 0 Å². The fourth-order valence-electron chi connectivity index (χ4n) is 2.11. The van der Waals surface area contributed by atoms with Gasteiger partial charge < -0.3 is 4.90 Å². The maximum absolute atomic E-state index is 12.0. The molecule has 1 aromatic carbocycles. The molecule has 0 saturated carbocycles. The van der Waals surface area contributed by atoms with Crippen LogP contribution in [0.2, 0.25) is 0 Å². The van der Waals surface area contributed by atoms with E-state index in [1.165, 1.54) is 16.7 Å². The molecule has 3 heteroatoms. The number of hydrogen-bond acceptors (Lipinski definition) is 2. The molecule has 0 bridgehead atoms. The molecular formula is C16H22N2O. The summed E-state index contributed by atoms with van der Waals surface area (Å²) in [5.41, 5.74) is 3.77. The summed E-state index contributed by atoms with van der Waals surface area (Å²) < 4.78 is 0. The standard InChI is InChI=1S/C16H22N2O/c1-5-14(11-17)16(19)18(4)9-8-15-7-6-12(2)10-13(15)3/h6-7,10,14H,5,8-9H2,1-4H3. The Kier molecular flexibility index (Phi) is 5.57. The van der Waals surface area contributed by atoms with Gasteiger partial charge in [0.25, 0.3) is 0 Å². The van der Waals surface area contributed by atoms with Crippen molar-refractivity contribution in [3.63, 3.8) is 0 Å². The number of nitrogens with zero attached hydrogens (tertiary/aromatic N) is 2. The molecule has 0 saturated heterocycles. The zero-order chi connectivity index (χ0) is 14.4. The first-order valence-electron chi connectivity index (χ1n) is 6.70. The summed E-state index contributed by atoms with van der Waals surface area (Å²) in [7, 11) is 1.77. The van der Waals surface area contributed by atoms with Crippen molar-refractivity contribution in [1.29, 1.82) is 5.26 Å². The first-order valence-corrected chi connectivity index (χ1v) is 6.70. The van der Waals surface area contributed by atoms with Gasteiger partial charge in [-0.1, -0.05) is 30.7 Å². The lowest BCUT2D eigenvalue weighted by Gasteiger charge is -2.20. The van der Waals surface area contributed by atoms with Gasteiger partial charge in [-0.25, -0.2) is 0 Å². The van der Waals surface area contributed by atoms with E-state index >= 15 is 0 Å². The average molecular weight is 258 g/mol. The van der Waals surface area contributed by atoms with Gasteiger partial charge in [-0.3, -0.25) is 4.79 Å². The third kappa shape index (κ3) is 4.10. The van der Waals surface area contributed by atoms with E-state index in [1.807, 2.05) is 6.92 Å². The van der Waals surface area contributed by atoms with Gasteiger partial charge in [0.2, 0.25) is 5.91 Å². The second-order valence-electron chi connectivity index (χ2n) is 5.03. The van der Waals surface area contributed by atoms with Crippen molar-refractivity contribution >= 4 is 5.91 Å². The Balaban J connectivity index is 2.61. The van der Waals surface area contributed by atoms with Crippen LogP contribution >= 0.6 is 0 Å². The summed E-state index contributed by atoms with van der Waals surface area (Å²) in [6.45, 7) is 6.68. The highest BCUT2D eigenvalue weighted by molar-refractivity contribution is 5.80. The lowest BCUT2D eigenvalue weighted by molar-refractivity contribution is -0.132. The second-order valence-corrected chi connectivity index (χ2v) is 5.03. The Morgan fingerprint density at radius 2 is 2.11 bits per heavy atom. The number of benzene rings is 1. The summed E-state index contributed by atoms with van der Waals surface area (Å²) in [4.78, 5) is 13.6. The van der Waals surface area contributed by atoms with E-state index in [0.717, 1.165) is 6.42 Å². The molecule has 0 aliphatic carbocycles. The molecule has 0 radical (unpaired) electrons. The van der Waals surface area contributed by atoms with Crippen molar-refractivity contribution in [3.8, 4) is 6.07 Å². The molecule has 19 heavy (non-hydrogen) atoms. The first kappa shape index (κ1) is 15.2. The molecule has 1 rings (SSSR count). The predicted molar refractivity (Wildman–Crippen MR) is 76.7 cm³/mol. The number of aryl methyl sites for hydroxylation is 2. The Morgan fingerprint density at radius 1 is 1.42 bits per heavy atom. The van der Waals surface area contributed by atoms with Crippen LogP contribution in [0.25, 0.3) is 0 Å². The number of likely N-dealkylation sites (N-methyl/N-ethyl adjacent to an activating group) is 1. The molecule has 0 heterocycles. The summed E-state index contributed by atoms with van der Waals surface area (Å²) in [5, 5.41) is 8.91. The number of hydrogen-bond donors (Lipinski definition) is 0. The van der Waals surface area contributed by atoms with Gasteiger partial charge in [-0.15, -0.1) is 0 Å². The van der Waals surface area contributed by atoms with Crippen LogP contribution in [0.1, 0.15) is 30.0 Å². The summed E-state index contributed by atoms with van der Waals surface area (Å²) in [6, 6.07) is 8.42. The van der Waals surface area contributed by atoms with Crippen molar-refractivity contribution in [2.24, 2.45) is 5.92 Å². The lowest BCUT2D eigenvalue weighted by atomic mass is 10.0. The topological polar surface area (TPSA) is 44.1 Å². The second kappa shape index (κ2) is 6.94. The lowest BCUT2D eigenvalue weighted by Crippen LogP contribution is -2.33. The Morgan fingerprint density at radius 3 is 2.63 bits per heavy atom. The molecule has 0 fully saturated rings. The minimum Gasteiger partial charge on any atom is -0.344 e. The van der Waals surface area contributed by atoms with Gasteiger partial charge in [0, 0.05) is 13.6 Å². The zero-order valence-corrected chi connectivity index (χ0v) is 12.2. The molecule has 1 aromatic rings. The average Bonchev–Trinajstić information content (AvgIpc) is 2.38. The van der Waals surface area contributed by atoms with Crippen LogP contribution in [0, 0.1) is 31.1 Å². The fourth-order valence-corrected chi connectivity index (χ4v) is 2.11. The van der Waals surface area contributed by atoms with Crippen LogP contribution in [0.4, 0.5) is 0 Å². The number of rotatable bonds is 5. The SMILES string of the molecule is CCC(C#N)C(=O)N(C)CCc1ccc(C)cc1C. The van der Waals surface area contributed by atoms with Crippen molar-refractivity contribution in [2.75, 3.05) is 13.6 Å². The number of amides is 1. The summed E-state index contributed by atoms with van der Waals surface area (Å²) >= 11 is 0. The highest BCUT2D eigenvalue weighted by Gasteiger charge is 2.19. The van der Waals surface area contributed by atoms with E-state index in [2.05, 4.69) is 38.1 Å². The molecule has 0 aromatic heterocycles. The molecule has 0 N–H and O–H groups in total. The molecule has 0 aliphatic rings. The zero-order valence-electron chi connectivity index (χ0n) is 12.2. The van der Waals surface area contributed by atoms with Crippen LogP contribution in [0.5, 0.6) is 0 Å². The minimum absolute atomic E-state index is 0.0743. The third-order valence-corrected chi connectivity index (χ3v) is 3.45. The van der Waals surface area contributed by atoms with Crippen molar-refractivity contribution in [2.45, 2.75) is 33.6 Å². The maximum atomic E-state index is 12.0. The molecule has 0 spiro atoms. The highest BCUT2D eigenvalue weighted by atomic mass is 16.2. The van der Waals surface area contributed by atoms with Crippen LogP contribution in [-0.2, 0) is 11.2 Å². The molecule has 1 unspecified atom stereocenters. The smallest absolute Gasteiger partial charge is 0.239 e. The van der Waals surface area contributed by atoms with Crippen LogP contribution in [0.15, 0.2) is 18.2 Å². The van der Waals surface area contributed by atoms with Crippen molar-refractivity contribution < 1.29 is 4.79 Å². The number of carbonyl (C=O) groups is 1. The number of nitriles is 1. The molecule has 3 nitrogen and oxygen atoms in total. The van der Waals surface area contributed by atoms with Gasteiger partial charge in [-0.05, 0) is 37.8 Å². The van der Waals surface area contributed by atoms with E-state index < -0.39 is 5.92 Å². The highest BCUT2D eigenvalue weighted by Crippen LogP contribution is 2.12. The van der Waals surface area contributed by atoms with E-state index in [-0.39, 0.29) is 5.91 Å². The van der Waals surface area contributed by atoms with Gasteiger partial charge in [0.1, 0.15) is 5.92 Å². The van der Waals surface area contributed by atoms with Gasteiger partial charge in [0.15, 0.2) is 0 Å². The van der Waals surface area contributed by atoms with Gasteiger partial charge in [-0.2, -0.15) is 5.26 Å². The van der Waals surface area contributed by atoms with Crippen molar-refractivity contribution in [3.05, 3.63) is 34.9 Å². The van der Waals surface area contributed by atoms with Crippen molar-refractivity contribution in [1.82, 2.24) is 4.90 Å². The number of carbonyl (C=O) groups excluding carboxylic acids is 1. The van der Waals surface area contributed by atoms with E-state index in [0.29, 0.717) is 13.0 Å². The van der Waals surface area contributed by atoms with E-state index in [9.17, 15) is 4.79 Å². The fraction of sp³-hybridized carbons (Fsp3) is 0.500. The minimum atomic E-state index is -0.510. The third-order valence-electron chi connectivity index (χ3n) is 3.45. The maximum Gasteiger partial charge on any atom is 0.239 e. The Hall–Kier alpha value is -1.82. The quantitative estimate of drug-likeness (QED) is 0.815. The predicted octanol–water partition coefficient (Wildman–Crippen LogP) is 2.85.